The molecule has 0 unspecified atom stereocenters. The summed E-state index contributed by atoms with van der Waals surface area (Å²) in [4.78, 5) is 3.63. The molecule has 0 aliphatic carbocycles. The number of nitrogens with zero attached hydrogens (tertiary/aromatic N) is 1. The van der Waals surface area contributed by atoms with Gasteiger partial charge in [0.05, 0.1) is 12.2 Å². The van der Waals surface area contributed by atoms with Crippen LogP contribution in [0.1, 0.15) is 11.1 Å². The highest BCUT2D eigenvalue weighted by atomic mass is 19.4. The van der Waals surface area contributed by atoms with Gasteiger partial charge in [0.15, 0.2) is 0 Å². The molecular weight excluding hydrogens is 311 g/mol. The largest absolute Gasteiger partial charge is 0.465 e. The van der Waals surface area contributed by atoms with Crippen molar-refractivity contribution in [2.24, 2.45) is 5.73 Å². The third-order valence-corrected chi connectivity index (χ3v) is 2.86. The third-order valence-electron chi connectivity index (χ3n) is 2.86. The molecule has 0 radical (unpaired) electrons. The number of pyridine rings is 1. The van der Waals surface area contributed by atoms with E-state index in [4.69, 9.17) is 20.6 Å². The first-order valence-corrected chi connectivity index (χ1v) is 6.61. The van der Waals surface area contributed by atoms with Crippen molar-refractivity contribution < 1.29 is 22.6 Å². The first kappa shape index (κ1) is 16.6. The van der Waals surface area contributed by atoms with Crippen LogP contribution in [0, 0.1) is 5.41 Å². The first-order chi connectivity index (χ1) is 10.8. The molecule has 2 rings (SSSR count). The number of hydrogen-bond donors (Lipinski definition) is 2. The van der Waals surface area contributed by atoms with Gasteiger partial charge in [-0.25, -0.2) is 4.98 Å². The van der Waals surface area contributed by atoms with E-state index >= 15 is 0 Å². The minimum Gasteiger partial charge on any atom is -0.465 e. The quantitative estimate of drug-likeness (QED) is 0.652. The SMILES string of the molecule is N=C(N)OCCc1ccc(Oc2ccc(C(F)(F)F)cn2)cc1. The van der Waals surface area contributed by atoms with Crippen LogP contribution in [0.25, 0.3) is 0 Å². The summed E-state index contributed by atoms with van der Waals surface area (Å²) < 4.78 is 47.5. The second-order valence-electron chi connectivity index (χ2n) is 4.59. The fourth-order valence-corrected chi connectivity index (χ4v) is 1.73. The lowest BCUT2D eigenvalue weighted by Crippen LogP contribution is -2.15. The fraction of sp³-hybridized carbons (Fsp3) is 0.200. The van der Waals surface area contributed by atoms with Crippen molar-refractivity contribution in [3.8, 4) is 11.6 Å². The van der Waals surface area contributed by atoms with Gasteiger partial charge in [-0.15, -0.1) is 0 Å². The standard InChI is InChI=1S/C15H14F3N3O2/c16-15(17,18)11-3-6-13(21-9-11)23-12-4-1-10(2-5-12)7-8-22-14(19)20/h1-6,9H,7-8H2,(H3,19,20). The number of hydrogen-bond acceptors (Lipinski definition) is 4. The monoisotopic (exact) mass is 325 g/mol. The zero-order valence-electron chi connectivity index (χ0n) is 11.9. The number of nitrogens with two attached hydrogens (primary N) is 1. The highest BCUT2D eigenvalue weighted by Crippen LogP contribution is 2.30. The van der Waals surface area contributed by atoms with Gasteiger partial charge in [0, 0.05) is 18.7 Å². The smallest absolute Gasteiger partial charge is 0.417 e. The van der Waals surface area contributed by atoms with Crippen LogP contribution >= 0.6 is 0 Å². The summed E-state index contributed by atoms with van der Waals surface area (Å²) in [5.74, 6) is 0.527. The number of benzene rings is 1. The van der Waals surface area contributed by atoms with Crippen molar-refractivity contribution in [2.75, 3.05) is 6.61 Å². The molecule has 0 aliphatic heterocycles. The molecule has 0 bridgehead atoms. The van der Waals surface area contributed by atoms with E-state index in [2.05, 4.69) is 4.98 Å². The molecule has 122 valence electrons. The van der Waals surface area contributed by atoms with E-state index in [1.165, 1.54) is 0 Å². The molecule has 0 aliphatic rings. The molecule has 1 heterocycles. The summed E-state index contributed by atoms with van der Waals surface area (Å²) in [6.07, 6.45) is -3.13. The summed E-state index contributed by atoms with van der Waals surface area (Å²) in [6, 6.07) is 8.64. The van der Waals surface area contributed by atoms with Gasteiger partial charge in [-0.1, -0.05) is 12.1 Å². The lowest BCUT2D eigenvalue weighted by molar-refractivity contribution is -0.137. The molecule has 0 saturated carbocycles. The highest BCUT2D eigenvalue weighted by Gasteiger charge is 2.30. The van der Waals surface area contributed by atoms with Crippen molar-refractivity contribution in [2.45, 2.75) is 12.6 Å². The summed E-state index contributed by atoms with van der Waals surface area (Å²) in [5, 5.41) is 6.93. The lowest BCUT2D eigenvalue weighted by atomic mass is 10.1. The van der Waals surface area contributed by atoms with E-state index in [1.54, 1.807) is 24.3 Å². The van der Waals surface area contributed by atoms with Crippen LogP contribution in [-0.4, -0.2) is 17.6 Å². The molecule has 2 aromatic rings. The molecule has 0 saturated heterocycles. The van der Waals surface area contributed by atoms with E-state index in [1.807, 2.05) is 0 Å². The van der Waals surface area contributed by atoms with Crippen LogP contribution in [0.4, 0.5) is 13.2 Å². The predicted molar refractivity (Wildman–Crippen MR) is 77.3 cm³/mol. The molecule has 8 heteroatoms. The third kappa shape index (κ3) is 5.17. The van der Waals surface area contributed by atoms with Gasteiger partial charge in [-0.05, 0) is 23.8 Å². The number of amidine groups is 1. The Morgan fingerprint density at radius 3 is 2.35 bits per heavy atom. The highest BCUT2D eigenvalue weighted by molar-refractivity contribution is 5.67. The van der Waals surface area contributed by atoms with Crippen molar-refractivity contribution in [1.82, 2.24) is 4.98 Å². The Labute approximate surface area is 130 Å². The molecule has 5 nitrogen and oxygen atoms in total. The lowest BCUT2D eigenvalue weighted by Gasteiger charge is -2.08. The van der Waals surface area contributed by atoms with Gasteiger partial charge in [-0.2, -0.15) is 13.2 Å². The van der Waals surface area contributed by atoms with Crippen molar-refractivity contribution in [3.05, 3.63) is 53.7 Å². The average Bonchev–Trinajstić information content (AvgIpc) is 2.48. The topological polar surface area (TPSA) is 81.2 Å². The van der Waals surface area contributed by atoms with Crippen LogP contribution in [0.3, 0.4) is 0 Å². The summed E-state index contributed by atoms with van der Waals surface area (Å²) in [6.45, 7) is 0.288. The summed E-state index contributed by atoms with van der Waals surface area (Å²) in [5.41, 5.74) is 5.18. The maximum Gasteiger partial charge on any atom is 0.417 e. The number of nitrogens with one attached hydrogen (secondary N) is 1. The Balaban J connectivity index is 1.94. The predicted octanol–water partition coefficient (Wildman–Crippen LogP) is 3.35. The maximum atomic E-state index is 12.4. The molecule has 23 heavy (non-hydrogen) atoms. The number of ether oxygens (including phenoxy) is 2. The molecule has 1 aromatic carbocycles. The van der Waals surface area contributed by atoms with E-state index in [-0.39, 0.29) is 18.5 Å². The average molecular weight is 325 g/mol. The second kappa shape index (κ2) is 6.99. The Morgan fingerprint density at radius 2 is 1.83 bits per heavy atom. The number of halogens is 3. The van der Waals surface area contributed by atoms with Crippen LogP contribution in [-0.2, 0) is 17.3 Å². The minimum atomic E-state index is -4.42. The van der Waals surface area contributed by atoms with E-state index in [9.17, 15) is 13.2 Å². The van der Waals surface area contributed by atoms with Gasteiger partial charge >= 0.3 is 6.18 Å². The van der Waals surface area contributed by atoms with E-state index < -0.39 is 11.7 Å². The van der Waals surface area contributed by atoms with Crippen LogP contribution < -0.4 is 10.5 Å². The van der Waals surface area contributed by atoms with Gasteiger partial charge in [0.2, 0.25) is 5.88 Å². The maximum absolute atomic E-state index is 12.4. The molecule has 0 spiro atoms. The minimum absolute atomic E-state index is 0.0747. The van der Waals surface area contributed by atoms with Crippen LogP contribution in [0.5, 0.6) is 11.6 Å². The van der Waals surface area contributed by atoms with E-state index in [0.29, 0.717) is 12.2 Å². The van der Waals surface area contributed by atoms with Crippen LogP contribution in [0.2, 0.25) is 0 Å². The Bertz CT molecular complexity index is 655. The van der Waals surface area contributed by atoms with E-state index in [0.717, 1.165) is 23.9 Å². The van der Waals surface area contributed by atoms with Crippen LogP contribution in [0.15, 0.2) is 42.6 Å². The van der Waals surface area contributed by atoms with Gasteiger partial charge in [-0.3, -0.25) is 5.41 Å². The molecule has 0 atom stereocenters. The molecule has 0 amide bonds. The summed E-state index contributed by atoms with van der Waals surface area (Å²) in [7, 11) is 0. The van der Waals surface area contributed by atoms with Gasteiger partial charge in [0.1, 0.15) is 5.75 Å². The number of aromatic nitrogens is 1. The van der Waals surface area contributed by atoms with Gasteiger partial charge in [0.25, 0.3) is 6.02 Å². The Morgan fingerprint density at radius 1 is 1.13 bits per heavy atom. The summed E-state index contributed by atoms with van der Waals surface area (Å²) >= 11 is 0. The Kier molecular flexibility index (Phi) is 5.05. The van der Waals surface area contributed by atoms with Crippen molar-refractivity contribution >= 4 is 6.02 Å². The molecule has 1 aromatic heterocycles. The van der Waals surface area contributed by atoms with Gasteiger partial charge < -0.3 is 15.2 Å². The van der Waals surface area contributed by atoms with Crippen molar-refractivity contribution in [1.29, 1.82) is 5.41 Å². The number of rotatable bonds is 5. The Hall–Kier alpha value is -2.77. The number of alkyl halides is 3. The second-order valence-corrected chi connectivity index (χ2v) is 4.59. The molecule has 3 N–H and O–H groups in total. The normalized spacial score (nSPS) is 11.1. The fourth-order valence-electron chi connectivity index (χ4n) is 1.73. The zero-order valence-corrected chi connectivity index (χ0v) is 11.9. The molecule has 0 fully saturated rings. The zero-order chi connectivity index (χ0) is 16.9. The molecular formula is C15H14F3N3O2. The first-order valence-electron chi connectivity index (χ1n) is 6.61. The van der Waals surface area contributed by atoms with Crippen molar-refractivity contribution in [3.63, 3.8) is 0 Å².